The molecule has 1 aliphatic heterocycles. The van der Waals surface area contributed by atoms with Crippen LogP contribution in [0.2, 0.25) is 0 Å². The highest BCUT2D eigenvalue weighted by Gasteiger charge is 2.19. The van der Waals surface area contributed by atoms with Gasteiger partial charge in [-0.25, -0.2) is 4.99 Å². The van der Waals surface area contributed by atoms with E-state index in [1.54, 1.807) is 11.3 Å². The maximum absolute atomic E-state index is 12.0. The number of benzene rings is 2. The SMILES string of the molecule is Cc1cccc(N=c2scc(-c3cccc(Br)c3)n2CCCN2CCCC2=O)c1C. The first-order chi connectivity index (χ1) is 14.5. The number of halogens is 1. The molecule has 0 radical (unpaired) electrons. The van der Waals surface area contributed by atoms with Gasteiger partial charge in [0.2, 0.25) is 5.91 Å². The summed E-state index contributed by atoms with van der Waals surface area (Å²) in [5.41, 5.74) is 5.81. The van der Waals surface area contributed by atoms with Gasteiger partial charge in [0, 0.05) is 41.5 Å². The van der Waals surface area contributed by atoms with Crippen LogP contribution in [0.15, 0.2) is 57.3 Å². The van der Waals surface area contributed by atoms with E-state index in [0.29, 0.717) is 6.42 Å². The van der Waals surface area contributed by atoms with E-state index in [0.717, 1.165) is 53.1 Å². The molecule has 2 heterocycles. The molecule has 4 nitrogen and oxygen atoms in total. The van der Waals surface area contributed by atoms with Gasteiger partial charge in [0.15, 0.2) is 4.80 Å². The van der Waals surface area contributed by atoms with Crippen molar-refractivity contribution >= 4 is 38.9 Å². The predicted octanol–water partition coefficient (Wildman–Crippen LogP) is 5.84. The molecule has 1 aromatic heterocycles. The van der Waals surface area contributed by atoms with Crippen LogP contribution >= 0.6 is 27.3 Å². The van der Waals surface area contributed by atoms with Crippen LogP contribution in [0.4, 0.5) is 5.69 Å². The van der Waals surface area contributed by atoms with Crippen molar-refractivity contribution in [3.05, 3.63) is 68.2 Å². The normalized spacial score (nSPS) is 14.7. The molecule has 0 unspecified atom stereocenters. The largest absolute Gasteiger partial charge is 0.343 e. The van der Waals surface area contributed by atoms with Gasteiger partial charge in [-0.2, -0.15) is 0 Å². The van der Waals surface area contributed by atoms with Crippen molar-refractivity contribution in [2.45, 2.75) is 39.7 Å². The van der Waals surface area contributed by atoms with Crippen LogP contribution in [0.25, 0.3) is 11.3 Å². The molecular weight excluding hydrogens is 458 g/mol. The topological polar surface area (TPSA) is 37.6 Å². The molecule has 0 atom stereocenters. The monoisotopic (exact) mass is 483 g/mol. The number of nitrogens with zero attached hydrogens (tertiary/aromatic N) is 3. The van der Waals surface area contributed by atoms with Gasteiger partial charge in [-0.05, 0) is 56.0 Å². The molecule has 1 amide bonds. The second kappa shape index (κ2) is 9.31. The molecule has 2 aromatic carbocycles. The number of hydrogen-bond donors (Lipinski definition) is 0. The van der Waals surface area contributed by atoms with Crippen LogP contribution in [-0.2, 0) is 11.3 Å². The molecule has 1 fully saturated rings. The Bertz CT molecular complexity index is 1130. The summed E-state index contributed by atoms with van der Waals surface area (Å²) >= 11 is 5.26. The van der Waals surface area contributed by atoms with Crippen molar-refractivity contribution in [1.82, 2.24) is 9.47 Å². The smallest absolute Gasteiger partial charge is 0.222 e. The Balaban J connectivity index is 1.70. The summed E-state index contributed by atoms with van der Waals surface area (Å²) < 4.78 is 3.36. The lowest BCUT2D eigenvalue weighted by molar-refractivity contribution is -0.127. The van der Waals surface area contributed by atoms with Crippen molar-refractivity contribution in [3.63, 3.8) is 0 Å². The summed E-state index contributed by atoms with van der Waals surface area (Å²) in [6, 6.07) is 14.6. The van der Waals surface area contributed by atoms with Crippen LogP contribution in [0.5, 0.6) is 0 Å². The van der Waals surface area contributed by atoms with E-state index in [1.165, 1.54) is 16.7 Å². The minimum Gasteiger partial charge on any atom is -0.343 e. The highest BCUT2D eigenvalue weighted by atomic mass is 79.9. The highest BCUT2D eigenvalue weighted by molar-refractivity contribution is 9.10. The lowest BCUT2D eigenvalue weighted by atomic mass is 10.1. The quantitative estimate of drug-likeness (QED) is 0.433. The molecule has 0 saturated carbocycles. The number of hydrogen-bond acceptors (Lipinski definition) is 3. The lowest BCUT2D eigenvalue weighted by Gasteiger charge is -2.16. The number of amides is 1. The van der Waals surface area contributed by atoms with Crippen molar-refractivity contribution in [3.8, 4) is 11.3 Å². The Kier molecular flexibility index (Phi) is 6.54. The zero-order valence-electron chi connectivity index (χ0n) is 17.4. The third-order valence-electron chi connectivity index (χ3n) is 5.69. The Labute approximate surface area is 190 Å². The second-order valence-corrected chi connectivity index (χ2v) is 9.49. The van der Waals surface area contributed by atoms with E-state index in [9.17, 15) is 4.79 Å². The van der Waals surface area contributed by atoms with Gasteiger partial charge >= 0.3 is 0 Å². The van der Waals surface area contributed by atoms with Gasteiger partial charge in [-0.15, -0.1) is 11.3 Å². The molecule has 1 saturated heterocycles. The molecule has 30 heavy (non-hydrogen) atoms. The minimum atomic E-state index is 0.290. The zero-order valence-corrected chi connectivity index (χ0v) is 19.8. The van der Waals surface area contributed by atoms with Gasteiger partial charge in [0.25, 0.3) is 0 Å². The summed E-state index contributed by atoms with van der Waals surface area (Å²) in [5.74, 6) is 0.290. The van der Waals surface area contributed by atoms with Crippen LogP contribution in [-0.4, -0.2) is 28.5 Å². The molecule has 0 N–H and O–H groups in total. The summed E-state index contributed by atoms with van der Waals surface area (Å²) in [5, 5.41) is 2.19. The van der Waals surface area contributed by atoms with Gasteiger partial charge in [0.1, 0.15) is 0 Å². The van der Waals surface area contributed by atoms with E-state index in [2.05, 4.69) is 76.1 Å². The Morgan fingerprint density at radius 2 is 1.97 bits per heavy atom. The Hall–Kier alpha value is -2.18. The molecule has 0 spiro atoms. The van der Waals surface area contributed by atoms with Crippen molar-refractivity contribution < 1.29 is 4.79 Å². The lowest BCUT2D eigenvalue weighted by Crippen LogP contribution is -2.27. The molecule has 6 heteroatoms. The Morgan fingerprint density at radius 1 is 1.13 bits per heavy atom. The first kappa shape index (κ1) is 21.1. The maximum atomic E-state index is 12.0. The van der Waals surface area contributed by atoms with Crippen LogP contribution < -0.4 is 4.80 Å². The van der Waals surface area contributed by atoms with E-state index < -0.39 is 0 Å². The molecule has 3 aromatic rings. The average Bonchev–Trinajstić information content (AvgIpc) is 3.32. The molecule has 156 valence electrons. The zero-order chi connectivity index (χ0) is 21.1. The summed E-state index contributed by atoms with van der Waals surface area (Å²) in [6.07, 6.45) is 2.60. The second-order valence-electron chi connectivity index (χ2n) is 7.73. The van der Waals surface area contributed by atoms with Crippen molar-refractivity contribution in [1.29, 1.82) is 0 Å². The maximum Gasteiger partial charge on any atom is 0.222 e. The van der Waals surface area contributed by atoms with Gasteiger partial charge in [-0.1, -0.05) is 40.2 Å². The predicted molar refractivity (Wildman–Crippen MR) is 127 cm³/mol. The summed E-state index contributed by atoms with van der Waals surface area (Å²) in [6.45, 7) is 6.78. The molecular formula is C24H26BrN3OS. The highest BCUT2D eigenvalue weighted by Crippen LogP contribution is 2.25. The van der Waals surface area contributed by atoms with Crippen molar-refractivity contribution in [2.75, 3.05) is 13.1 Å². The van der Waals surface area contributed by atoms with Crippen LogP contribution in [0.1, 0.15) is 30.4 Å². The Morgan fingerprint density at radius 3 is 2.73 bits per heavy atom. The minimum absolute atomic E-state index is 0.290. The molecule has 0 aliphatic carbocycles. The fraction of sp³-hybridized carbons (Fsp3) is 0.333. The van der Waals surface area contributed by atoms with E-state index in [-0.39, 0.29) is 5.91 Å². The molecule has 4 rings (SSSR count). The number of likely N-dealkylation sites (tertiary alicyclic amines) is 1. The van der Waals surface area contributed by atoms with E-state index in [4.69, 9.17) is 4.99 Å². The number of carbonyl (C=O) groups excluding carboxylic acids is 1. The average molecular weight is 484 g/mol. The first-order valence-electron chi connectivity index (χ1n) is 10.4. The van der Waals surface area contributed by atoms with E-state index >= 15 is 0 Å². The summed E-state index contributed by atoms with van der Waals surface area (Å²) in [7, 11) is 0. The van der Waals surface area contributed by atoms with Crippen LogP contribution in [0, 0.1) is 13.8 Å². The first-order valence-corrected chi connectivity index (χ1v) is 12.0. The number of thiazole rings is 1. The number of aryl methyl sites for hydroxylation is 1. The molecule has 1 aliphatic rings. The summed E-state index contributed by atoms with van der Waals surface area (Å²) in [4.78, 5) is 20.0. The number of aromatic nitrogens is 1. The van der Waals surface area contributed by atoms with Crippen molar-refractivity contribution in [2.24, 2.45) is 4.99 Å². The fourth-order valence-electron chi connectivity index (χ4n) is 3.83. The van der Waals surface area contributed by atoms with Gasteiger partial charge in [0.05, 0.1) is 11.4 Å². The number of carbonyl (C=O) groups is 1. The third kappa shape index (κ3) is 4.60. The third-order valence-corrected chi connectivity index (χ3v) is 7.05. The number of rotatable bonds is 6. The molecule has 0 bridgehead atoms. The van der Waals surface area contributed by atoms with Crippen LogP contribution in [0.3, 0.4) is 0 Å². The van der Waals surface area contributed by atoms with Gasteiger partial charge in [-0.3, -0.25) is 4.79 Å². The fourth-order valence-corrected chi connectivity index (χ4v) is 5.18. The standard InChI is InChI=1S/C24H26BrN3OS/c1-17-7-3-10-21(18(17)2)26-24-28(14-6-13-27-12-5-11-23(27)29)22(16-30-24)19-8-4-9-20(25)15-19/h3-4,7-10,15-16H,5-6,11-14H2,1-2H3. The van der Waals surface area contributed by atoms with Gasteiger partial charge < -0.3 is 9.47 Å². The van der Waals surface area contributed by atoms with E-state index in [1.807, 2.05) is 11.0 Å².